The van der Waals surface area contributed by atoms with Gasteiger partial charge < -0.3 is 25.0 Å². The molecule has 0 bridgehead atoms. The molecule has 0 fully saturated rings. The normalized spacial score (nSPS) is 13.7. The average molecular weight is 422 g/mol. The predicted octanol–water partition coefficient (Wildman–Crippen LogP) is 3.90. The van der Waals surface area contributed by atoms with Gasteiger partial charge in [0, 0.05) is 24.1 Å². The molecule has 1 amide bonds. The van der Waals surface area contributed by atoms with Gasteiger partial charge >= 0.3 is 12.5 Å². The van der Waals surface area contributed by atoms with E-state index in [0.29, 0.717) is 46.6 Å². The van der Waals surface area contributed by atoms with Gasteiger partial charge in [-0.25, -0.2) is 4.79 Å². The zero-order valence-corrected chi connectivity index (χ0v) is 15.5. The molecule has 0 spiro atoms. The number of nitrogens with one attached hydrogen (secondary N) is 1. The quantitative estimate of drug-likeness (QED) is 0.651. The fourth-order valence-corrected chi connectivity index (χ4v) is 3.44. The first-order valence-electron chi connectivity index (χ1n) is 8.89. The van der Waals surface area contributed by atoms with Crippen molar-refractivity contribution in [3.05, 3.63) is 47.0 Å². The number of carbonyl (C=O) groups is 1. The highest BCUT2D eigenvalue weighted by Crippen LogP contribution is 2.43. The van der Waals surface area contributed by atoms with Crippen LogP contribution in [-0.4, -0.2) is 29.3 Å². The van der Waals surface area contributed by atoms with Gasteiger partial charge in [-0.15, -0.1) is 13.2 Å². The summed E-state index contributed by atoms with van der Waals surface area (Å²) in [4.78, 5) is 11.0. The summed E-state index contributed by atoms with van der Waals surface area (Å²) in [5.41, 5.74) is 2.60. The summed E-state index contributed by atoms with van der Waals surface area (Å²) >= 11 is 0. The van der Waals surface area contributed by atoms with Crippen molar-refractivity contribution in [1.82, 2.24) is 5.32 Å². The minimum absolute atomic E-state index is 0.122. The molecule has 1 atom stereocenters. The largest absolute Gasteiger partial charge is 0.573 e. The molecule has 158 valence electrons. The topological polar surface area (TPSA) is 112 Å². The number of rotatable bonds is 6. The molecule has 3 rings (SSSR count). The second-order valence-corrected chi connectivity index (χ2v) is 6.51. The van der Waals surface area contributed by atoms with Gasteiger partial charge in [-0.05, 0) is 34.9 Å². The van der Waals surface area contributed by atoms with Gasteiger partial charge in [-0.2, -0.15) is 5.26 Å². The summed E-state index contributed by atoms with van der Waals surface area (Å²) in [5.74, 6) is 0.0724. The average Bonchev–Trinajstić information content (AvgIpc) is 3.14. The van der Waals surface area contributed by atoms with Crippen molar-refractivity contribution in [3.8, 4) is 28.7 Å². The van der Waals surface area contributed by atoms with Crippen molar-refractivity contribution in [2.75, 3.05) is 6.61 Å². The zero-order chi connectivity index (χ0) is 21.9. The molecule has 30 heavy (non-hydrogen) atoms. The number of ether oxygens (including phenoxy) is 2. The van der Waals surface area contributed by atoms with Crippen LogP contribution >= 0.6 is 0 Å². The highest BCUT2D eigenvalue weighted by atomic mass is 19.4. The van der Waals surface area contributed by atoms with E-state index in [9.17, 15) is 23.1 Å². The number of nitrogens with zero attached hydrogens (tertiary/aromatic N) is 1. The molecule has 1 unspecified atom stereocenters. The molecule has 10 heteroatoms. The lowest BCUT2D eigenvalue weighted by atomic mass is 9.88. The van der Waals surface area contributed by atoms with E-state index in [1.165, 1.54) is 12.1 Å². The molecule has 0 saturated carbocycles. The maximum absolute atomic E-state index is 12.4. The van der Waals surface area contributed by atoms with Crippen LogP contribution in [0.3, 0.4) is 0 Å². The second-order valence-electron chi connectivity index (χ2n) is 6.51. The van der Waals surface area contributed by atoms with Crippen molar-refractivity contribution in [1.29, 1.82) is 5.26 Å². The van der Waals surface area contributed by atoms with Crippen molar-refractivity contribution >= 4 is 6.09 Å². The minimum Gasteiger partial charge on any atom is -0.492 e. The van der Waals surface area contributed by atoms with E-state index in [1.807, 2.05) is 6.07 Å². The Morgan fingerprint density at radius 2 is 2.03 bits per heavy atom. The Labute approximate surface area is 169 Å². The van der Waals surface area contributed by atoms with Crippen LogP contribution in [0.25, 0.3) is 11.1 Å². The number of fused-ring (bicyclic) bond motifs is 1. The number of hydrogen-bond acceptors (Lipinski definition) is 5. The van der Waals surface area contributed by atoms with Gasteiger partial charge in [-0.3, -0.25) is 0 Å². The summed E-state index contributed by atoms with van der Waals surface area (Å²) in [6, 6.07) is 8.68. The number of alkyl halides is 3. The summed E-state index contributed by atoms with van der Waals surface area (Å²) in [7, 11) is 0. The Hall–Kier alpha value is -3.45. The smallest absolute Gasteiger partial charge is 0.492 e. The third-order valence-corrected chi connectivity index (χ3v) is 4.55. The van der Waals surface area contributed by atoms with Crippen LogP contribution < -0.4 is 14.8 Å². The van der Waals surface area contributed by atoms with Crippen LogP contribution in [0.1, 0.15) is 29.2 Å². The SMILES string of the molecule is N#CCC(O)c1c(CNC(=O)O)cc(-c2ccc(OC(F)(F)F)cc2)c2c1CCO2. The first kappa shape index (κ1) is 21.3. The van der Waals surface area contributed by atoms with Crippen molar-refractivity contribution in [2.45, 2.75) is 31.9 Å². The fraction of sp³-hybridized carbons (Fsp3) is 0.300. The highest BCUT2D eigenvalue weighted by Gasteiger charge is 2.31. The molecule has 2 aromatic rings. The van der Waals surface area contributed by atoms with Gasteiger partial charge in [0.15, 0.2) is 0 Å². The number of carboxylic acid groups (broad SMARTS) is 1. The van der Waals surface area contributed by atoms with Gasteiger partial charge in [0.05, 0.1) is 25.2 Å². The Morgan fingerprint density at radius 3 is 2.63 bits per heavy atom. The Bertz CT molecular complexity index is 984. The molecule has 7 nitrogen and oxygen atoms in total. The van der Waals surface area contributed by atoms with Crippen LogP contribution in [0.2, 0.25) is 0 Å². The van der Waals surface area contributed by atoms with E-state index < -0.39 is 18.6 Å². The minimum atomic E-state index is -4.81. The lowest BCUT2D eigenvalue weighted by Gasteiger charge is -2.20. The van der Waals surface area contributed by atoms with Gasteiger partial charge in [0.1, 0.15) is 11.5 Å². The molecule has 2 aromatic carbocycles. The van der Waals surface area contributed by atoms with E-state index in [4.69, 9.17) is 15.1 Å². The second kappa shape index (κ2) is 8.51. The molecule has 1 aliphatic rings. The molecule has 0 aliphatic carbocycles. The van der Waals surface area contributed by atoms with E-state index in [2.05, 4.69) is 10.1 Å². The van der Waals surface area contributed by atoms with Gasteiger partial charge in [0.2, 0.25) is 0 Å². The standard InChI is InChI=1S/C20H17F3N2O5/c21-20(22,23)30-13-3-1-11(2-4-13)15-9-12(10-25-19(27)28)17(16(26)5-7-24)14-6-8-29-18(14)15/h1-4,9,16,25-26H,5-6,8,10H2,(H,27,28). The van der Waals surface area contributed by atoms with E-state index in [-0.39, 0.29) is 18.7 Å². The van der Waals surface area contributed by atoms with Crippen molar-refractivity contribution in [3.63, 3.8) is 0 Å². The number of halogens is 3. The third kappa shape index (κ3) is 4.75. The Morgan fingerprint density at radius 1 is 1.33 bits per heavy atom. The molecule has 0 aromatic heterocycles. The van der Waals surface area contributed by atoms with Crippen LogP contribution in [0.15, 0.2) is 30.3 Å². The zero-order valence-electron chi connectivity index (χ0n) is 15.5. The van der Waals surface area contributed by atoms with E-state index in [1.54, 1.807) is 6.07 Å². The third-order valence-electron chi connectivity index (χ3n) is 4.55. The maximum Gasteiger partial charge on any atom is 0.573 e. The molecular weight excluding hydrogens is 405 g/mol. The number of benzene rings is 2. The first-order chi connectivity index (χ1) is 14.2. The van der Waals surface area contributed by atoms with Gasteiger partial charge in [0.25, 0.3) is 0 Å². The van der Waals surface area contributed by atoms with E-state index in [0.717, 1.165) is 12.1 Å². The molecule has 1 aliphatic heterocycles. The van der Waals surface area contributed by atoms with Crippen molar-refractivity contribution in [2.24, 2.45) is 0 Å². The Balaban J connectivity index is 2.07. The van der Waals surface area contributed by atoms with E-state index >= 15 is 0 Å². The summed E-state index contributed by atoms with van der Waals surface area (Å²) in [6.45, 7) is 0.197. The van der Waals surface area contributed by atoms with Crippen LogP contribution in [0.5, 0.6) is 11.5 Å². The highest BCUT2D eigenvalue weighted by molar-refractivity contribution is 5.76. The number of aliphatic hydroxyl groups excluding tert-OH is 1. The monoisotopic (exact) mass is 422 g/mol. The molecular formula is C20H17F3N2O5. The number of nitriles is 1. The molecule has 1 heterocycles. The lowest BCUT2D eigenvalue weighted by Crippen LogP contribution is -2.22. The van der Waals surface area contributed by atoms with Crippen molar-refractivity contribution < 1.29 is 37.7 Å². The van der Waals surface area contributed by atoms with Crippen LogP contribution in [0.4, 0.5) is 18.0 Å². The molecule has 0 saturated heterocycles. The number of aliphatic hydroxyl groups is 1. The fourth-order valence-electron chi connectivity index (χ4n) is 3.44. The number of amides is 1. The van der Waals surface area contributed by atoms with Crippen LogP contribution in [0, 0.1) is 11.3 Å². The lowest BCUT2D eigenvalue weighted by molar-refractivity contribution is -0.274. The van der Waals surface area contributed by atoms with Gasteiger partial charge in [-0.1, -0.05) is 12.1 Å². The molecule has 0 radical (unpaired) electrons. The predicted molar refractivity (Wildman–Crippen MR) is 97.8 cm³/mol. The van der Waals surface area contributed by atoms with Crippen LogP contribution in [-0.2, 0) is 13.0 Å². The first-order valence-corrected chi connectivity index (χ1v) is 8.89. The summed E-state index contributed by atoms with van der Waals surface area (Å²) in [6.07, 6.45) is -6.94. The maximum atomic E-state index is 12.4. The summed E-state index contributed by atoms with van der Waals surface area (Å²) < 4.78 is 46.7. The number of hydrogen-bond donors (Lipinski definition) is 3. The molecule has 3 N–H and O–H groups in total. The summed E-state index contributed by atoms with van der Waals surface area (Å²) in [5, 5.41) is 30.6. The Kier molecular flexibility index (Phi) is 6.03.